The number of nitro groups is 1. The number of halogens is 1. The van der Waals surface area contributed by atoms with Gasteiger partial charge in [0.25, 0.3) is 5.69 Å². The minimum Gasteiger partial charge on any atom is -0.302 e. The minimum absolute atomic E-state index is 0.0264. The average molecular weight is 273 g/mol. The summed E-state index contributed by atoms with van der Waals surface area (Å²) in [5, 5.41) is 10.9. The SMILES string of the molecule is CC(c1ccc(Br)cc1[N+](=O)[O-])N(C)C. The smallest absolute Gasteiger partial charge is 0.275 e. The van der Waals surface area contributed by atoms with Crippen LogP contribution < -0.4 is 0 Å². The largest absolute Gasteiger partial charge is 0.302 e. The molecule has 1 atom stereocenters. The standard InChI is InChI=1S/C10H13BrN2O2/c1-7(12(2)3)9-5-4-8(11)6-10(9)13(14)15/h4-7H,1-3H3. The second-order valence-electron chi connectivity index (χ2n) is 3.60. The van der Waals surface area contributed by atoms with E-state index < -0.39 is 0 Å². The molecule has 0 bridgehead atoms. The monoisotopic (exact) mass is 272 g/mol. The van der Waals surface area contributed by atoms with Crippen molar-refractivity contribution in [3.05, 3.63) is 38.3 Å². The van der Waals surface area contributed by atoms with Crippen LogP contribution in [-0.2, 0) is 0 Å². The lowest BCUT2D eigenvalue weighted by molar-refractivity contribution is -0.386. The summed E-state index contributed by atoms with van der Waals surface area (Å²) in [5.41, 5.74) is 0.888. The first-order chi connectivity index (χ1) is 6.93. The molecule has 0 aromatic heterocycles. The van der Waals surface area contributed by atoms with Crippen LogP contribution in [0.1, 0.15) is 18.5 Å². The molecule has 1 aromatic carbocycles. The van der Waals surface area contributed by atoms with Gasteiger partial charge in [-0.1, -0.05) is 15.9 Å². The van der Waals surface area contributed by atoms with Gasteiger partial charge < -0.3 is 4.90 Å². The molecule has 1 rings (SSSR count). The van der Waals surface area contributed by atoms with Gasteiger partial charge in [-0.2, -0.15) is 0 Å². The highest BCUT2D eigenvalue weighted by atomic mass is 79.9. The fourth-order valence-corrected chi connectivity index (χ4v) is 1.66. The molecule has 0 spiro atoms. The molecule has 15 heavy (non-hydrogen) atoms. The maximum Gasteiger partial charge on any atom is 0.275 e. The molecule has 0 aliphatic rings. The number of hydrogen-bond donors (Lipinski definition) is 0. The predicted molar refractivity (Wildman–Crippen MR) is 62.9 cm³/mol. The minimum atomic E-state index is -0.347. The van der Waals surface area contributed by atoms with E-state index in [4.69, 9.17) is 0 Å². The van der Waals surface area contributed by atoms with Gasteiger partial charge in [0.15, 0.2) is 0 Å². The molecule has 1 unspecified atom stereocenters. The summed E-state index contributed by atoms with van der Waals surface area (Å²) in [6.07, 6.45) is 0. The Balaban J connectivity index is 3.22. The lowest BCUT2D eigenvalue weighted by atomic mass is 10.1. The highest BCUT2D eigenvalue weighted by Gasteiger charge is 2.20. The summed E-state index contributed by atoms with van der Waals surface area (Å²) >= 11 is 3.23. The number of nitro benzene ring substituents is 1. The van der Waals surface area contributed by atoms with E-state index in [0.717, 1.165) is 10.0 Å². The second-order valence-corrected chi connectivity index (χ2v) is 4.52. The lowest BCUT2D eigenvalue weighted by Gasteiger charge is -2.19. The number of benzene rings is 1. The van der Waals surface area contributed by atoms with Gasteiger partial charge in [0.2, 0.25) is 0 Å². The molecule has 0 fully saturated rings. The van der Waals surface area contributed by atoms with Gasteiger partial charge in [-0.05, 0) is 33.2 Å². The highest BCUT2D eigenvalue weighted by Crippen LogP contribution is 2.30. The Morgan fingerprint density at radius 3 is 2.53 bits per heavy atom. The normalized spacial score (nSPS) is 12.9. The van der Waals surface area contributed by atoms with E-state index in [1.807, 2.05) is 32.0 Å². The first-order valence-electron chi connectivity index (χ1n) is 4.53. The van der Waals surface area contributed by atoms with E-state index >= 15 is 0 Å². The lowest BCUT2D eigenvalue weighted by Crippen LogP contribution is -2.17. The Hall–Kier alpha value is -0.940. The maximum absolute atomic E-state index is 10.9. The van der Waals surface area contributed by atoms with Crippen molar-refractivity contribution >= 4 is 21.6 Å². The van der Waals surface area contributed by atoms with Gasteiger partial charge in [0, 0.05) is 22.1 Å². The van der Waals surface area contributed by atoms with Crippen molar-refractivity contribution in [2.75, 3.05) is 14.1 Å². The molecule has 0 heterocycles. The topological polar surface area (TPSA) is 46.4 Å². The van der Waals surface area contributed by atoms with Gasteiger partial charge in [-0.15, -0.1) is 0 Å². The molecule has 1 aromatic rings. The maximum atomic E-state index is 10.9. The summed E-state index contributed by atoms with van der Waals surface area (Å²) in [7, 11) is 3.80. The van der Waals surface area contributed by atoms with Crippen molar-refractivity contribution in [2.45, 2.75) is 13.0 Å². The molecule has 0 aliphatic carbocycles. The number of hydrogen-bond acceptors (Lipinski definition) is 3. The molecule has 0 N–H and O–H groups in total. The quantitative estimate of drug-likeness (QED) is 0.628. The third-order valence-electron chi connectivity index (χ3n) is 2.41. The Kier molecular flexibility index (Phi) is 3.82. The molecule has 0 radical (unpaired) electrons. The molecular weight excluding hydrogens is 260 g/mol. The average Bonchev–Trinajstić information content (AvgIpc) is 2.16. The zero-order valence-corrected chi connectivity index (χ0v) is 10.5. The Morgan fingerprint density at radius 2 is 2.07 bits per heavy atom. The van der Waals surface area contributed by atoms with E-state index in [1.165, 1.54) is 6.07 Å². The molecule has 82 valence electrons. The van der Waals surface area contributed by atoms with Crippen LogP contribution >= 0.6 is 15.9 Å². The predicted octanol–water partition coefficient (Wildman–Crippen LogP) is 2.98. The van der Waals surface area contributed by atoms with Crippen molar-refractivity contribution in [1.82, 2.24) is 4.90 Å². The molecule has 5 heteroatoms. The fourth-order valence-electron chi connectivity index (χ4n) is 1.31. The van der Waals surface area contributed by atoms with E-state index in [1.54, 1.807) is 6.07 Å². The van der Waals surface area contributed by atoms with Crippen LogP contribution in [0.3, 0.4) is 0 Å². The zero-order valence-electron chi connectivity index (χ0n) is 8.90. The fraction of sp³-hybridized carbons (Fsp3) is 0.400. The molecule has 0 amide bonds. The number of rotatable bonds is 3. The van der Waals surface area contributed by atoms with Crippen molar-refractivity contribution in [3.8, 4) is 0 Å². The van der Waals surface area contributed by atoms with Crippen molar-refractivity contribution < 1.29 is 4.92 Å². The Labute approximate surface area is 97.2 Å². The molecule has 0 saturated heterocycles. The molecule has 4 nitrogen and oxygen atoms in total. The summed E-state index contributed by atoms with van der Waals surface area (Å²) in [4.78, 5) is 12.5. The molecule has 0 aliphatic heterocycles. The highest BCUT2D eigenvalue weighted by molar-refractivity contribution is 9.10. The van der Waals surface area contributed by atoms with Gasteiger partial charge >= 0.3 is 0 Å². The summed E-state index contributed by atoms with van der Waals surface area (Å²) < 4.78 is 0.726. The molecule has 0 saturated carbocycles. The first kappa shape index (κ1) is 12.1. The Bertz CT molecular complexity index is 380. The van der Waals surface area contributed by atoms with Crippen LogP contribution in [0.5, 0.6) is 0 Å². The van der Waals surface area contributed by atoms with Crippen LogP contribution in [0.25, 0.3) is 0 Å². The van der Waals surface area contributed by atoms with Crippen molar-refractivity contribution in [3.63, 3.8) is 0 Å². The van der Waals surface area contributed by atoms with Gasteiger partial charge in [0.05, 0.1) is 4.92 Å². The van der Waals surface area contributed by atoms with E-state index in [2.05, 4.69) is 15.9 Å². The molecular formula is C10H13BrN2O2. The van der Waals surface area contributed by atoms with Crippen LogP contribution in [0, 0.1) is 10.1 Å². The summed E-state index contributed by atoms with van der Waals surface area (Å²) in [5.74, 6) is 0. The van der Waals surface area contributed by atoms with E-state index in [9.17, 15) is 10.1 Å². The van der Waals surface area contributed by atoms with Crippen LogP contribution in [0.4, 0.5) is 5.69 Å². The summed E-state index contributed by atoms with van der Waals surface area (Å²) in [6.45, 7) is 1.94. The van der Waals surface area contributed by atoms with Crippen molar-refractivity contribution in [1.29, 1.82) is 0 Å². The van der Waals surface area contributed by atoms with Crippen molar-refractivity contribution in [2.24, 2.45) is 0 Å². The Morgan fingerprint density at radius 1 is 1.47 bits per heavy atom. The third kappa shape index (κ3) is 2.76. The van der Waals surface area contributed by atoms with Crippen LogP contribution in [0.15, 0.2) is 22.7 Å². The van der Waals surface area contributed by atoms with Crippen LogP contribution in [0.2, 0.25) is 0 Å². The second kappa shape index (κ2) is 4.72. The first-order valence-corrected chi connectivity index (χ1v) is 5.33. The van der Waals surface area contributed by atoms with Gasteiger partial charge in [-0.25, -0.2) is 0 Å². The van der Waals surface area contributed by atoms with Crippen LogP contribution in [-0.4, -0.2) is 23.9 Å². The number of nitrogens with zero attached hydrogens (tertiary/aromatic N) is 2. The third-order valence-corrected chi connectivity index (χ3v) is 2.91. The zero-order chi connectivity index (χ0) is 11.6. The van der Waals surface area contributed by atoms with Gasteiger partial charge in [0.1, 0.15) is 0 Å². The van der Waals surface area contributed by atoms with E-state index in [-0.39, 0.29) is 16.7 Å². The van der Waals surface area contributed by atoms with Gasteiger partial charge in [-0.3, -0.25) is 10.1 Å². The summed E-state index contributed by atoms with van der Waals surface area (Å²) in [6, 6.07) is 5.17. The van der Waals surface area contributed by atoms with E-state index in [0.29, 0.717) is 0 Å².